The van der Waals surface area contributed by atoms with E-state index in [0.29, 0.717) is 5.56 Å². The molecule has 0 bridgehead atoms. The second-order valence-corrected chi connectivity index (χ2v) is 5.89. The van der Waals surface area contributed by atoms with Gasteiger partial charge in [-0.3, -0.25) is 0 Å². The Bertz CT molecular complexity index is 420. The van der Waals surface area contributed by atoms with E-state index in [2.05, 4.69) is 15.9 Å². The molecule has 0 heterocycles. The summed E-state index contributed by atoms with van der Waals surface area (Å²) >= 11 is 25.8. The van der Waals surface area contributed by atoms with E-state index in [1.807, 2.05) is 0 Å². The van der Waals surface area contributed by atoms with Crippen molar-refractivity contribution < 1.29 is 13.2 Å². The minimum atomic E-state index is -4.52. The molecule has 0 saturated heterocycles. The maximum absolute atomic E-state index is 12.3. The molecule has 96 valence electrons. The maximum Gasteiger partial charge on any atom is 0.446 e. The summed E-state index contributed by atoms with van der Waals surface area (Å²) in [5.41, 5.74) is -4.16. The van der Waals surface area contributed by atoms with E-state index < -0.39 is 17.3 Å². The molecule has 0 radical (unpaired) electrons. The summed E-state index contributed by atoms with van der Waals surface area (Å²) in [7, 11) is 0. The fourth-order valence-corrected chi connectivity index (χ4v) is 3.85. The third kappa shape index (κ3) is 3.74. The number of rotatable bonds is 2. The molecule has 1 rings (SSSR count). The molecule has 0 N–H and O–H groups in total. The molecule has 0 amide bonds. The summed E-state index contributed by atoms with van der Waals surface area (Å²) in [6, 6.07) is 0. The highest BCUT2D eigenvalue weighted by atomic mass is 79.9. The average molecular weight is 409 g/mol. The van der Waals surface area contributed by atoms with E-state index in [0.717, 1.165) is 0 Å². The van der Waals surface area contributed by atoms with Crippen molar-refractivity contribution in [2.45, 2.75) is 15.7 Å². The summed E-state index contributed by atoms with van der Waals surface area (Å²) in [5, 5.41) is -0.341. The lowest BCUT2D eigenvalue weighted by Crippen LogP contribution is -2.01. The molecule has 0 aromatic heterocycles. The Balaban J connectivity index is 3.43. The molecule has 0 aliphatic carbocycles. The number of thioether (sulfide) groups is 1. The molecule has 0 nitrogen and oxygen atoms in total. The topological polar surface area (TPSA) is 0 Å². The first kappa shape index (κ1) is 16.1. The summed E-state index contributed by atoms with van der Waals surface area (Å²) in [5.74, 6) is 0. The molecule has 0 spiro atoms. The third-order valence-electron chi connectivity index (χ3n) is 1.67. The lowest BCUT2D eigenvalue weighted by molar-refractivity contribution is -0.0328. The van der Waals surface area contributed by atoms with Crippen molar-refractivity contribution in [2.24, 2.45) is 0 Å². The number of alkyl halides is 4. The van der Waals surface area contributed by atoms with E-state index in [9.17, 15) is 13.2 Å². The van der Waals surface area contributed by atoms with Crippen molar-refractivity contribution in [3.05, 3.63) is 25.7 Å². The molecular weight excluding hydrogens is 407 g/mol. The van der Waals surface area contributed by atoms with Crippen LogP contribution >= 0.6 is 74.1 Å². The van der Waals surface area contributed by atoms with Crippen LogP contribution in [0.3, 0.4) is 0 Å². The zero-order chi connectivity index (χ0) is 13.4. The standard InChI is InChI=1S/C8H2BrCl4F3S/c9-1-2-3(10)5(12)7(6(13)4(2)11)17-8(14,15)16/h1H2. The summed E-state index contributed by atoms with van der Waals surface area (Å²) < 4.78 is 36.9. The van der Waals surface area contributed by atoms with Gasteiger partial charge >= 0.3 is 5.51 Å². The van der Waals surface area contributed by atoms with Gasteiger partial charge < -0.3 is 0 Å². The number of hydrogen-bond donors (Lipinski definition) is 0. The number of halogens is 8. The van der Waals surface area contributed by atoms with Crippen molar-refractivity contribution in [3.63, 3.8) is 0 Å². The Labute approximate surface area is 128 Å². The van der Waals surface area contributed by atoms with E-state index in [4.69, 9.17) is 46.4 Å². The first-order valence-electron chi connectivity index (χ1n) is 3.85. The van der Waals surface area contributed by atoms with Crippen molar-refractivity contribution in [2.75, 3.05) is 0 Å². The Kier molecular flexibility index (Phi) is 5.64. The number of hydrogen-bond acceptors (Lipinski definition) is 1. The first-order valence-corrected chi connectivity index (χ1v) is 7.30. The van der Waals surface area contributed by atoms with Gasteiger partial charge in [0.05, 0.1) is 25.0 Å². The van der Waals surface area contributed by atoms with Crippen molar-refractivity contribution in [3.8, 4) is 0 Å². The van der Waals surface area contributed by atoms with Crippen LogP contribution in [0.2, 0.25) is 20.1 Å². The normalized spacial score (nSPS) is 12.0. The van der Waals surface area contributed by atoms with Gasteiger partial charge in [0.1, 0.15) is 0 Å². The van der Waals surface area contributed by atoms with Gasteiger partial charge in [-0.2, -0.15) is 13.2 Å². The van der Waals surface area contributed by atoms with Gasteiger partial charge in [-0.05, 0) is 11.8 Å². The second-order valence-electron chi connectivity index (χ2n) is 2.75. The van der Waals surface area contributed by atoms with Crippen LogP contribution in [-0.2, 0) is 5.33 Å². The molecule has 0 fully saturated rings. The van der Waals surface area contributed by atoms with Crippen molar-refractivity contribution in [1.29, 1.82) is 0 Å². The van der Waals surface area contributed by atoms with Crippen LogP contribution in [-0.4, -0.2) is 5.51 Å². The van der Waals surface area contributed by atoms with E-state index in [1.54, 1.807) is 0 Å². The Hall–Kier alpha value is 1.000. The highest BCUT2D eigenvalue weighted by Crippen LogP contribution is 2.50. The Morgan fingerprint density at radius 2 is 1.35 bits per heavy atom. The molecule has 0 saturated carbocycles. The van der Waals surface area contributed by atoms with E-state index >= 15 is 0 Å². The summed E-state index contributed by atoms with van der Waals surface area (Å²) in [4.78, 5) is -0.388. The van der Waals surface area contributed by atoms with Crippen LogP contribution in [0, 0.1) is 0 Å². The van der Waals surface area contributed by atoms with Gasteiger partial charge in [-0.25, -0.2) is 0 Å². The molecule has 17 heavy (non-hydrogen) atoms. The van der Waals surface area contributed by atoms with Crippen LogP contribution in [0.5, 0.6) is 0 Å². The molecule has 1 aromatic rings. The van der Waals surface area contributed by atoms with Gasteiger partial charge in [-0.1, -0.05) is 62.3 Å². The van der Waals surface area contributed by atoms with Gasteiger partial charge in [0.2, 0.25) is 0 Å². The predicted molar refractivity (Wildman–Crippen MR) is 71.0 cm³/mol. The van der Waals surface area contributed by atoms with Crippen molar-refractivity contribution >= 4 is 74.1 Å². The SMILES string of the molecule is FC(F)(F)Sc1c(Cl)c(Cl)c(CBr)c(Cl)c1Cl. The number of benzene rings is 1. The smallest absolute Gasteiger partial charge is 0.160 e. The van der Waals surface area contributed by atoms with Crippen LogP contribution in [0.25, 0.3) is 0 Å². The summed E-state index contributed by atoms with van der Waals surface area (Å²) in [6.07, 6.45) is 0. The molecule has 0 unspecified atom stereocenters. The van der Waals surface area contributed by atoms with Crippen LogP contribution < -0.4 is 0 Å². The van der Waals surface area contributed by atoms with Gasteiger partial charge in [0.15, 0.2) is 0 Å². The average Bonchev–Trinajstić information content (AvgIpc) is 2.21. The van der Waals surface area contributed by atoms with Crippen LogP contribution in [0.15, 0.2) is 4.90 Å². The van der Waals surface area contributed by atoms with Crippen LogP contribution in [0.4, 0.5) is 13.2 Å². The fourth-order valence-electron chi connectivity index (χ4n) is 0.980. The van der Waals surface area contributed by atoms with Gasteiger partial charge in [0.25, 0.3) is 0 Å². The van der Waals surface area contributed by atoms with Crippen molar-refractivity contribution in [1.82, 2.24) is 0 Å². The molecule has 9 heteroatoms. The fraction of sp³-hybridized carbons (Fsp3) is 0.250. The Morgan fingerprint density at radius 3 is 1.65 bits per heavy atom. The monoisotopic (exact) mass is 406 g/mol. The van der Waals surface area contributed by atoms with Gasteiger partial charge in [-0.15, -0.1) is 0 Å². The minimum Gasteiger partial charge on any atom is -0.160 e. The predicted octanol–water partition coefficient (Wildman–Crippen LogP) is 6.81. The molecular formula is C8H2BrCl4F3S. The van der Waals surface area contributed by atoms with Gasteiger partial charge in [0, 0.05) is 10.9 Å². The molecule has 0 aliphatic rings. The van der Waals surface area contributed by atoms with E-state index in [-0.39, 0.29) is 30.3 Å². The molecule has 0 atom stereocenters. The quantitative estimate of drug-likeness (QED) is 0.294. The highest BCUT2D eigenvalue weighted by Gasteiger charge is 2.33. The highest BCUT2D eigenvalue weighted by molar-refractivity contribution is 9.08. The largest absolute Gasteiger partial charge is 0.446 e. The lowest BCUT2D eigenvalue weighted by Gasteiger charge is -2.14. The first-order chi connectivity index (χ1) is 7.69. The molecule has 1 aromatic carbocycles. The van der Waals surface area contributed by atoms with E-state index in [1.165, 1.54) is 0 Å². The zero-order valence-electron chi connectivity index (χ0n) is 7.64. The second kappa shape index (κ2) is 5.97. The lowest BCUT2D eigenvalue weighted by atomic mass is 10.2. The Morgan fingerprint density at radius 1 is 0.941 bits per heavy atom. The zero-order valence-corrected chi connectivity index (χ0v) is 13.1. The summed E-state index contributed by atoms with van der Waals surface area (Å²) in [6.45, 7) is 0. The molecule has 0 aliphatic heterocycles. The third-order valence-corrected chi connectivity index (χ3v) is 5.08. The minimum absolute atomic E-state index is 0.0373. The van der Waals surface area contributed by atoms with Crippen LogP contribution in [0.1, 0.15) is 5.56 Å². The maximum atomic E-state index is 12.3.